The molecule has 0 amide bonds. The fourth-order valence-electron chi connectivity index (χ4n) is 8.45. The largest absolute Gasteiger partial charge is 0.417 e. The smallest absolute Gasteiger partial charge is 0.309 e. The molecule has 0 atom stereocenters. The average molecular weight is 756 g/mol. The minimum absolute atomic E-state index is 0.0577. The zero-order valence-corrected chi connectivity index (χ0v) is 30.5. The van der Waals surface area contributed by atoms with Crippen LogP contribution in [0.5, 0.6) is 0 Å². The van der Waals surface area contributed by atoms with E-state index in [4.69, 9.17) is 4.98 Å². The highest BCUT2D eigenvalue weighted by atomic mass is 19.4. The molecular formula is C50H28F3N5. The molecule has 0 bridgehead atoms. The number of pyridine rings is 1. The third-order valence-corrected chi connectivity index (χ3v) is 10.9. The minimum Gasteiger partial charge on any atom is -0.309 e. The summed E-state index contributed by atoms with van der Waals surface area (Å²) in [5.41, 5.74) is 7.43. The summed E-state index contributed by atoms with van der Waals surface area (Å²) in [4.78, 5) is 4.78. The first-order valence-corrected chi connectivity index (χ1v) is 18.6. The van der Waals surface area contributed by atoms with Gasteiger partial charge in [-0.2, -0.15) is 23.7 Å². The highest BCUT2D eigenvalue weighted by Gasteiger charge is 2.37. The number of para-hydroxylation sites is 2. The Morgan fingerprint density at radius 1 is 0.466 bits per heavy atom. The predicted molar refractivity (Wildman–Crippen MR) is 224 cm³/mol. The summed E-state index contributed by atoms with van der Waals surface area (Å²) in [7, 11) is 0. The first kappa shape index (κ1) is 34.5. The third kappa shape index (κ3) is 5.35. The van der Waals surface area contributed by atoms with Gasteiger partial charge in [-0.15, -0.1) is 0 Å². The summed E-state index contributed by atoms with van der Waals surface area (Å²) in [6.45, 7) is 0. The summed E-state index contributed by atoms with van der Waals surface area (Å²) in [6, 6.07) is 54.5. The van der Waals surface area contributed by atoms with Crippen molar-refractivity contribution in [2.75, 3.05) is 0 Å². The van der Waals surface area contributed by atoms with Crippen LogP contribution in [0.1, 0.15) is 16.7 Å². The molecule has 0 radical (unpaired) electrons. The van der Waals surface area contributed by atoms with Crippen LogP contribution in [-0.2, 0) is 6.18 Å². The molecule has 8 heteroatoms. The van der Waals surface area contributed by atoms with E-state index < -0.39 is 11.7 Å². The van der Waals surface area contributed by atoms with Gasteiger partial charge in [0.25, 0.3) is 0 Å². The van der Waals surface area contributed by atoms with Gasteiger partial charge in [0, 0.05) is 33.3 Å². The van der Waals surface area contributed by atoms with Gasteiger partial charge in [0.2, 0.25) is 0 Å². The number of benzene rings is 7. The van der Waals surface area contributed by atoms with Gasteiger partial charge in [-0.25, -0.2) is 0 Å². The second-order valence-electron chi connectivity index (χ2n) is 14.1. The number of alkyl halides is 3. The van der Waals surface area contributed by atoms with E-state index in [9.17, 15) is 10.5 Å². The van der Waals surface area contributed by atoms with Crippen LogP contribution in [0.2, 0.25) is 0 Å². The lowest BCUT2D eigenvalue weighted by molar-refractivity contribution is -0.137. The molecule has 0 fully saturated rings. The van der Waals surface area contributed by atoms with Crippen LogP contribution < -0.4 is 0 Å². The van der Waals surface area contributed by atoms with Gasteiger partial charge >= 0.3 is 6.18 Å². The van der Waals surface area contributed by atoms with Crippen LogP contribution in [0.15, 0.2) is 170 Å². The van der Waals surface area contributed by atoms with E-state index in [0.717, 1.165) is 66.4 Å². The fraction of sp³-hybridized carbons (Fsp3) is 0.0200. The molecule has 0 saturated heterocycles. The Morgan fingerprint density at radius 3 is 1.50 bits per heavy atom. The molecule has 3 heterocycles. The Labute approximate surface area is 330 Å². The van der Waals surface area contributed by atoms with Crippen LogP contribution in [0.4, 0.5) is 13.2 Å². The van der Waals surface area contributed by atoms with Crippen molar-refractivity contribution in [1.82, 2.24) is 14.1 Å². The lowest BCUT2D eigenvalue weighted by Crippen LogP contribution is -2.12. The van der Waals surface area contributed by atoms with Crippen molar-refractivity contribution >= 4 is 43.6 Å². The van der Waals surface area contributed by atoms with Gasteiger partial charge in [0.05, 0.1) is 68.0 Å². The van der Waals surface area contributed by atoms with Crippen molar-refractivity contribution in [2.45, 2.75) is 6.18 Å². The molecule has 3 aromatic heterocycles. The monoisotopic (exact) mass is 755 g/mol. The van der Waals surface area contributed by atoms with E-state index in [0.29, 0.717) is 28.0 Å². The predicted octanol–water partition coefficient (Wildman–Crippen LogP) is 13.0. The Hall–Kier alpha value is -7.94. The Bertz CT molecular complexity index is 3370. The second kappa shape index (κ2) is 13.4. The molecular weight excluding hydrogens is 728 g/mol. The zero-order valence-electron chi connectivity index (χ0n) is 30.5. The van der Waals surface area contributed by atoms with E-state index >= 15 is 13.2 Å². The van der Waals surface area contributed by atoms with E-state index in [1.807, 2.05) is 137 Å². The molecule has 58 heavy (non-hydrogen) atoms. The molecule has 0 aliphatic rings. The topological polar surface area (TPSA) is 70.3 Å². The first-order chi connectivity index (χ1) is 28.4. The van der Waals surface area contributed by atoms with Crippen molar-refractivity contribution in [3.8, 4) is 57.0 Å². The van der Waals surface area contributed by atoms with Crippen molar-refractivity contribution in [3.05, 3.63) is 187 Å². The maximum atomic E-state index is 15.5. The second-order valence-corrected chi connectivity index (χ2v) is 14.1. The number of rotatable bonds is 5. The van der Waals surface area contributed by atoms with Gasteiger partial charge in [-0.05, 0) is 95.1 Å². The van der Waals surface area contributed by atoms with Crippen LogP contribution >= 0.6 is 0 Å². The maximum absolute atomic E-state index is 15.5. The summed E-state index contributed by atoms with van der Waals surface area (Å²) in [6.07, 6.45) is -3.19. The van der Waals surface area contributed by atoms with Crippen molar-refractivity contribution < 1.29 is 13.2 Å². The van der Waals surface area contributed by atoms with Gasteiger partial charge < -0.3 is 9.13 Å². The Kier molecular flexibility index (Phi) is 7.96. The summed E-state index contributed by atoms with van der Waals surface area (Å²) in [5.74, 6) is 0. The highest BCUT2D eigenvalue weighted by Crippen LogP contribution is 2.46. The number of fused-ring (bicyclic) bond motifs is 6. The van der Waals surface area contributed by atoms with Crippen LogP contribution in [0.25, 0.3) is 88.5 Å². The van der Waals surface area contributed by atoms with E-state index in [-0.39, 0.29) is 11.3 Å². The molecule has 0 aliphatic heterocycles. The molecule has 0 spiro atoms. The van der Waals surface area contributed by atoms with Gasteiger partial charge in [-0.1, -0.05) is 91.0 Å². The molecule has 7 aromatic carbocycles. The van der Waals surface area contributed by atoms with Crippen LogP contribution in [0.3, 0.4) is 0 Å². The van der Waals surface area contributed by atoms with E-state index in [1.54, 1.807) is 24.3 Å². The molecule has 274 valence electrons. The molecule has 5 nitrogen and oxygen atoms in total. The zero-order chi connectivity index (χ0) is 39.5. The highest BCUT2D eigenvalue weighted by molar-refractivity contribution is 6.13. The molecule has 10 aromatic rings. The van der Waals surface area contributed by atoms with Crippen molar-refractivity contribution in [2.24, 2.45) is 0 Å². The van der Waals surface area contributed by atoms with E-state index in [2.05, 4.69) is 12.1 Å². The van der Waals surface area contributed by atoms with E-state index in [1.165, 1.54) is 12.3 Å². The van der Waals surface area contributed by atoms with Gasteiger partial charge in [0.1, 0.15) is 0 Å². The van der Waals surface area contributed by atoms with Crippen LogP contribution in [-0.4, -0.2) is 14.1 Å². The molecule has 0 unspecified atom stereocenters. The number of aromatic nitrogens is 3. The average Bonchev–Trinajstić information content (AvgIpc) is 3.77. The number of hydrogen-bond donors (Lipinski definition) is 0. The number of nitriles is 2. The Morgan fingerprint density at radius 2 is 0.948 bits per heavy atom. The maximum Gasteiger partial charge on any atom is 0.417 e. The lowest BCUT2D eigenvalue weighted by Gasteiger charge is -2.21. The van der Waals surface area contributed by atoms with Gasteiger partial charge in [-0.3, -0.25) is 4.98 Å². The minimum atomic E-state index is -4.73. The van der Waals surface area contributed by atoms with Crippen molar-refractivity contribution in [3.63, 3.8) is 0 Å². The molecule has 0 N–H and O–H groups in total. The van der Waals surface area contributed by atoms with Crippen molar-refractivity contribution in [1.29, 1.82) is 10.5 Å². The molecule has 0 saturated carbocycles. The molecule has 0 aliphatic carbocycles. The van der Waals surface area contributed by atoms with Gasteiger partial charge in [0.15, 0.2) is 0 Å². The summed E-state index contributed by atoms with van der Waals surface area (Å²) in [5, 5.41) is 23.2. The quantitative estimate of drug-likeness (QED) is 0.176. The summed E-state index contributed by atoms with van der Waals surface area (Å²) >= 11 is 0. The SMILES string of the molecule is N#Cc1ccccc1-c1ccc2c(c1)c1ccccc1n2-c1cccnc1-c1c(-n2c3ccccc3c3cc(-c4ccccc4C#N)ccc32)cccc1C(F)(F)F. The third-order valence-electron chi connectivity index (χ3n) is 10.9. The number of hydrogen-bond acceptors (Lipinski definition) is 3. The van der Waals surface area contributed by atoms with Crippen LogP contribution in [0, 0.1) is 22.7 Å². The molecule has 10 rings (SSSR count). The fourth-order valence-corrected chi connectivity index (χ4v) is 8.45. The first-order valence-electron chi connectivity index (χ1n) is 18.6. The standard InChI is InChI=1S/C50H28F3N5/c51-50(52,53)41-17-9-20-46(57-42-18-7-5-15-37(42)39-27-31(22-24-44(39)57)35-13-3-1-11-33(35)29-54)48(41)49-47(21-10-26-56-49)58-43-19-8-6-16-38(43)40-28-32(23-25-45(40)58)36-14-4-2-12-34(36)30-55/h1-28H. The summed E-state index contributed by atoms with van der Waals surface area (Å²) < 4.78 is 50.2. The lowest BCUT2D eigenvalue weighted by atomic mass is 9.98. The number of nitrogens with zero attached hydrogens (tertiary/aromatic N) is 5. The number of halogens is 3. The Balaban J connectivity index is 1.26. The normalized spacial score (nSPS) is 11.7.